The van der Waals surface area contributed by atoms with Gasteiger partial charge in [-0.3, -0.25) is 4.79 Å². The maximum absolute atomic E-state index is 11.7. The highest BCUT2D eigenvalue weighted by molar-refractivity contribution is 14.0. The molecular weight excluding hydrogens is 457 g/mol. The molecule has 0 bridgehead atoms. The number of furan rings is 1. The number of carbonyl (C=O) groups is 1. The van der Waals surface area contributed by atoms with E-state index < -0.39 is 0 Å². The Morgan fingerprint density at radius 3 is 2.67 bits per heavy atom. The number of hydrogen-bond acceptors (Lipinski definition) is 4. The molecule has 148 valence electrons. The van der Waals surface area contributed by atoms with Crippen LogP contribution in [0.15, 0.2) is 33.7 Å². The van der Waals surface area contributed by atoms with Crippen LogP contribution in [-0.4, -0.2) is 43.6 Å². The van der Waals surface area contributed by atoms with Gasteiger partial charge in [0.1, 0.15) is 17.9 Å². The fourth-order valence-corrected chi connectivity index (χ4v) is 3.44. The zero-order valence-electron chi connectivity index (χ0n) is 16.2. The molecule has 1 saturated heterocycles. The number of carbonyl (C=O) groups excluding carboxylic acids is 1. The van der Waals surface area contributed by atoms with E-state index in [2.05, 4.69) is 30.1 Å². The van der Waals surface area contributed by atoms with Gasteiger partial charge in [-0.2, -0.15) is 0 Å². The Morgan fingerprint density at radius 1 is 1.33 bits per heavy atom. The first-order valence-corrected chi connectivity index (χ1v) is 9.22. The molecule has 1 N–H and O–H groups in total. The van der Waals surface area contributed by atoms with Crippen molar-refractivity contribution < 1.29 is 13.9 Å². The van der Waals surface area contributed by atoms with Crippen LogP contribution in [0.1, 0.15) is 31.1 Å². The zero-order chi connectivity index (χ0) is 18.5. The standard InChI is InChI=1S/C20H27N3O3.HI/c1-4-21-20(23-11-9-15(10-12-23)19(24)25-3)22-13-18-14(2)16-7-5-6-8-17(16)26-18;/h5-8,15H,4,9-13H2,1-3H3,(H,21,22);1H. The van der Waals surface area contributed by atoms with Gasteiger partial charge in [-0.05, 0) is 32.8 Å². The van der Waals surface area contributed by atoms with Crippen molar-refractivity contribution in [3.8, 4) is 0 Å². The van der Waals surface area contributed by atoms with Crippen LogP contribution in [0.2, 0.25) is 0 Å². The third-order valence-electron chi connectivity index (χ3n) is 4.98. The van der Waals surface area contributed by atoms with Crippen molar-refractivity contribution in [2.45, 2.75) is 33.2 Å². The maximum Gasteiger partial charge on any atom is 0.308 e. The highest BCUT2D eigenvalue weighted by Crippen LogP contribution is 2.25. The summed E-state index contributed by atoms with van der Waals surface area (Å²) in [5.41, 5.74) is 2.05. The number of fused-ring (bicyclic) bond motifs is 1. The van der Waals surface area contributed by atoms with E-state index in [4.69, 9.17) is 14.1 Å². The van der Waals surface area contributed by atoms with Crippen molar-refractivity contribution in [3.05, 3.63) is 35.6 Å². The summed E-state index contributed by atoms with van der Waals surface area (Å²) >= 11 is 0. The topological polar surface area (TPSA) is 67.1 Å². The minimum atomic E-state index is -0.107. The number of rotatable bonds is 4. The van der Waals surface area contributed by atoms with Crippen LogP contribution in [0.25, 0.3) is 11.0 Å². The first kappa shape index (κ1) is 21.5. The van der Waals surface area contributed by atoms with Crippen LogP contribution in [-0.2, 0) is 16.1 Å². The largest absolute Gasteiger partial charge is 0.469 e. The second kappa shape index (κ2) is 9.96. The molecule has 27 heavy (non-hydrogen) atoms. The molecule has 1 aliphatic heterocycles. The van der Waals surface area contributed by atoms with Crippen molar-refractivity contribution in [2.24, 2.45) is 10.9 Å². The smallest absolute Gasteiger partial charge is 0.308 e. The molecule has 2 aromatic rings. The third kappa shape index (κ3) is 4.94. The van der Waals surface area contributed by atoms with Crippen molar-refractivity contribution in [1.82, 2.24) is 10.2 Å². The summed E-state index contributed by atoms with van der Waals surface area (Å²) in [7, 11) is 1.45. The van der Waals surface area contributed by atoms with E-state index in [1.54, 1.807) is 0 Å². The van der Waals surface area contributed by atoms with E-state index >= 15 is 0 Å². The van der Waals surface area contributed by atoms with E-state index in [1.165, 1.54) is 7.11 Å². The number of aliphatic imine (C=N–C) groups is 1. The lowest BCUT2D eigenvalue weighted by Crippen LogP contribution is -2.46. The van der Waals surface area contributed by atoms with E-state index in [1.807, 2.05) is 18.2 Å². The Kier molecular flexibility index (Phi) is 7.94. The Bertz CT molecular complexity index is 795. The van der Waals surface area contributed by atoms with E-state index in [0.717, 1.165) is 60.7 Å². The molecule has 1 aromatic carbocycles. The monoisotopic (exact) mass is 485 g/mol. The number of guanidine groups is 1. The molecule has 7 heteroatoms. The Labute approximate surface area is 177 Å². The van der Waals surface area contributed by atoms with Crippen LogP contribution < -0.4 is 5.32 Å². The van der Waals surface area contributed by atoms with Crippen LogP contribution in [0.5, 0.6) is 0 Å². The van der Waals surface area contributed by atoms with Gasteiger partial charge in [0.05, 0.1) is 13.0 Å². The number of piperidine rings is 1. The normalized spacial score (nSPS) is 15.5. The lowest BCUT2D eigenvalue weighted by molar-refractivity contribution is -0.146. The first-order valence-electron chi connectivity index (χ1n) is 9.22. The Balaban J connectivity index is 0.00000261. The molecular formula is C20H28IN3O3. The number of aryl methyl sites for hydroxylation is 1. The molecule has 0 spiro atoms. The molecule has 0 amide bonds. The van der Waals surface area contributed by atoms with E-state index in [9.17, 15) is 4.79 Å². The van der Waals surface area contributed by atoms with Crippen LogP contribution in [0.4, 0.5) is 0 Å². The molecule has 0 aliphatic carbocycles. The van der Waals surface area contributed by atoms with Crippen LogP contribution in [0.3, 0.4) is 0 Å². The third-order valence-corrected chi connectivity index (χ3v) is 4.98. The molecule has 6 nitrogen and oxygen atoms in total. The number of hydrogen-bond donors (Lipinski definition) is 1. The fourth-order valence-electron chi connectivity index (χ4n) is 3.44. The van der Waals surface area contributed by atoms with Gasteiger partial charge in [-0.1, -0.05) is 18.2 Å². The second-order valence-electron chi connectivity index (χ2n) is 6.60. The number of nitrogens with one attached hydrogen (secondary N) is 1. The summed E-state index contributed by atoms with van der Waals surface area (Å²) < 4.78 is 10.8. The van der Waals surface area contributed by atoms with E-state index in [0.29, 0.717) is 6.54 Å². The lowest BCUT2D eigenvalue weighted by Gasteiger charge is -2.33. The predicted octanol–water partition coefficient (Wildman–Crippen LogP) is 3.71. The predicted molar refractivity (Wildman–Crippen MR) is 117 cm³/mol. The molecule has 1 fully saturated rings. The first-order chi connectivity index (χ1) is 12.6. The number of esters is 1. The number of methoxy groups -OCH3 is 1. The zero-order valence-corrected chi connectivity index (χ0v) is 18.5. The minimum Gasteiger partial charge on any atom is -0.469 e. The van der Waals surface area contributed by atoms with Crippen molar-refractivity contribution in [3.63, 3.8) is 0 Å². The average Bonchev–Trinajstić information content (AvgIpc) is 3.01. The summed E-state index contributed by atoms with van der Waals surface area (Å²) in [6.07, 6.45) is 1.58. The number of benzene rings is 1. The summed E-state index contributed by atoms with van der Waals surface area (Å²) in [4.78, 5) is 18.7. The Hall–Kier alpha value is -1.77. The molecule has 2 heterocycles. The number of likely N-dealkylation sites (tertiary alicyclic amines) is 1. The molecule has 1 aromatic heterocycles. The number of halogens is 1. The van der Waals surface area contributed by atoms with Gasteiger partial charge in [0, 0.05) is 30.6 Å². The van der Waals surface area contributed by atoms with Crippen molar-refractivity contribution in [2.75, 3.05) is 26.7 Å². The summed E-state index contributed by atoms with van der Waals surface area (Å²) in [6.45, 7) is 7.03. The van der Waals surface area contributed by atoms with Gasteiger partial charge >= 0.3 is 5.97 Å². The minimum absolute atomic E-state index is 0. The average molecular weight is 485 g/mol. The lowest BCUT2D eigenvalue weighted by atomic mass is 9.97. The summed E-state index contributed by atoms with van der Waals surface area (Å²) in [6, 6.07) is 8.06. The molecule has 1 aliphatic rings. The van der Waals surface area contributed by atoms with Gasteiger partial charge in [0.2, 0.25) is 0 Å². The Morgan fingerprint density at radius 2 is 2.04 bits per heavy atom. The van der Waals surface area contributed by atoms with E-state index in [-0.39, 0.29) is 35.9 Å². The van der Waals surface area contributed by atoms with Gasteiger partial charge < -0.3 is 19.4 Å². The quantitative estimate of drug-likeness (QED) is 0.310. The van der Waals surface area contributed by atoms with Gasteiger partial charge in [0.25, 0.3) is 0 Å². The highest BCUT2D eigenvalue weighted by Gasteiger charge is 2.27. The van der Waals surface area contributed by atoms with Crippen molar-refractivity contribution >= 4 is 46.9 Å². The highest BCUT2D eigenvalue weighted by atomic mass is 127. The maximum atomic E-state index is 11.7. The number of ether oxygens (including phenoxy) is 1. The van der Waals surface area contributed by atoms with Crippen LogP contribution >= 0.6 is 24.0 Å². The number of para-hydroxylation sites is 1. The van der Waals surface area contributed by atoms with Crippen molar-refractivity contribution in [1.29, 1.82) is 0 Å². The molecule has 0 unspecified atom stereocenters. The molecule has 0 radical (unpaired) electrons. The fraction of sp³-hybridized carbons (Fsp3) is 0.500. The number of nitrogens with zero attached hydrogens (tertiary/aromatic N) is 2. The van der Waals surface area contributed by atoms with Crippen LogP contribution in [0, 0.1) is 12.8 Å². The second-order valence-corrected chi connectivity index (χ2v) is 6.60. The molecule has 0 saturated carbocycles. The molecule has 3 rings (SSSR count). The van der Waals surface area contributed by atoms with Gasteiger partial charge in [-0.15, -0.1) is 24.0 Å². The summed E-state index contributed by atoms with van der Waals surface area (Å²) in [5.74, 6) is 1.66. The summed E-state index contributed by atoms with van der Waals surface area (Å²) in [5, 5.41) is 4.49. The molecule has 0 atom stereocenters. The van der Waals surface area contributed by atoms with Gasteiger partial charge in [-0.25, -0.2) is 4.99 Å². The SMILES string of the molecule is CCNC(=NCc1oc2ccccc2c1C)N1CCC(C(=O)OC)CC1.I. The van der Waals surface area contributed by atoms with Gasteiger partial charge in [0.15, 0.2) is 5.96 Å².